The highest BCUT2D eigenvalue weighted by Gasteiger charge is 2.21. The maximum absolute atomic E-state index is 12.0. The minimum Gasteiger partial charge on any atom is -0.349 e. The second-order valence-electron chi connectivity index (χ2n) is 5.84. The van der Waals surface area contributed by atoms with E-state index >= 15 is 0 Å². The van der Waals surface area contributed by atoms with Gasteiger partial charge in [0, 0.05) is 25.3 Å². The number of nitrogens with one attached hydrogen (secondary N) is 1. The highest BCUT2D eigenvalue weighted by molar-refractivity contribution is 5.91. The summed E-state index contributed by atoms with van der Waals surface area (Å²) >= 11 is 0. The van der Waals surface area contributed by atoms with Crippen molar-refractivity contribution in [1.29, 1.82) is 0 Å². The molecule has 0 aromatic carbocycles. The normalized spacial score (nSPS) is 21.4. The summed E-state index contributed by atoms with van der Waals surface area (Å²) in [5.41, 5.74) is 1.20. The van der Waals surface area contributed by atoms with E-state index in [1.807, 2.05) is 6.92 Å². The first-order valence-corrected chi connectivity index (χ1v) is 7.37. The Morgan fingerprint density at radius 1 is 1.50 bits per heavy atom. The van der Waals surface area contributed by atoms with E-state index in [0.29, 0.717) is 18.3 Å². The Hall–Kier alpha value is -1.49. The van der Waals surface area contributed by atoms with Gasteiger partial charge >= 0.3 is 0 Å². The number of likely N-dealkylation sites (tertiary alicyclic amines) is 1. The molecule has 1 aliphatic heterocycles. The van der Waals surface area contributed by atoms with E-state index < -0.39 is 0 Å². The molecule has 2 unspecified atom stereocenters. The fourth-order valence-electron chi connectivity index (χ4n) is 2.60. The molecule has 1 N–H and O–H groups in total. The van der Waals surface area contributed by atoms with Gasteiger partial charge in [0.05, 0.1) is 11.9 Å². The second kappa shape index (κ2) is 6.79. The summed E-state index contributed by atoms with van der Waals surface area (Å²) in [6.45, 7) is 9.22. The third-order valence-electron chi connectivity index (χ3n) is 3.88. The van der Waals surface area contributed by atoms with Crippen molar-refractivity contribution in [2.45, 2.75) is 39.7 Å². The number of nitrogens with zero attached hydrogens (tertiary/aromatic N) is 3. The van der Waals surface area contributed by atoms with Gasteiger partial charge in [-0.2, -0.15) is 0 Å². The van der Waals surface area contributed by atoms with Gasteiger partial charge in [0.2, 0.25) is 0 Å². The van der Waals surface area contributed by atoms with Crippen LogP contribution in [0.5, 0.6) is 0 Å². The van der Waals surface area contributed by atoms with Crippen molar-refractivity contribution < 1.29 is 4.79 Å². The lowest BCUT2D eigenvalue weighted by molar-refractivity contribution is 0.0912. The zero-order valence-corrected chi connectivity index (χ0v) is 12.6. The van der Waals surface area contributed by atoms with Crippen molar-refractivity contribution >= 4 is 5.91 Å². The van der Waals surface area contributed by atoms with Gasteiger partial charge in [-0.15, -0.1) is 0 Å². The van der Waals surface area contributed by atoms with E-state index in [9.17, 15) is 4.79 Å². The van der Waals surface area contributed by atoms with Crippen molar-refractivity contribution in [2.75, 3.05) is 19.6 Å². The zero-order chi connectivity index (χ0) is 14.5. The highest BCUT2D eigenvalue weighted by Crippen LogP contribution is 2.17. The van der Waals surface area contributed by atoms with Crippen LogP contribution >= 0.6 is 0 Å². The summed E-state index contributed by atoms with van der Waals surface area (Å²) in [5, 5.41) is 2.95. The van der Waals surface area contributed by atoms with Gasteiger partial charge in [-0.05, 0) is 39.2 Å². The molecule has 1 aromatic rings. The number of amides is 1. The Kier molecular flexibility index (Phi) is 5.06. The van der Waals surface area contributed by atoms with Gasteiger partial charge in [-0.3, -0.25) is 14.7 Å². The molecule has 2 rings (SSSR count). The molecule has 1 aromatic heterocycles. The van der Waals surface area contributed by atoms with Crippen LogP contribution in [0.2, 0.25) is 0 Å². The lowest BCUT2D eigenvalue weighted by Crippen LogP contribution is -2.46. The molecule has 2 heterocycles. The van der Waals surface area contributed by atoms with Gasteiger partial charge in [-0.1, -0.05) is 6.92 Å². The minimum atomic E-state index is -0.144. The second-order valence-corrected chi connectivity index (χ2v) is 5.84. The van der Waals surface area contributed by atoms with Crippen LogP contribution in [0.15, 0.2) is 12.4 Å². The summed E-state index contributed by atoms with van der Waals surface area (Å²) in [7, 11) is 0. The van der Waals surface area contributed by atoms with Crippen LogP contribution < -0.4 is 5.32 Å². The monoisotopic (exact) mass is 276 g/mol. The van der Waals surface area contributed by atoms with Crippen LogP contribution in [-0.4, -0.2) is 46.5 Å². The number of aryl methyl sites for hydroxylation is 1. The number of carbonyl (C=O) groups is 1. The van der Waals surface area contributed by atoms with Crippen LogP contribution in [0, 0.1) is 12.8 Å². The Labute approximate surface area is 120 Å². The average Bonchev–Trinajstić information content (AvgIpc) is 2.45. The first-order valence-electron chi connectivity index (χ1n) is 7.37. The van der Waals surface area contributed by atoms with E-state index in [0.717, 1.165) is 24.7 Å². The number of carbonyl (C=O) groups excluding carboxylic acids is 1. The number of rotatable bonds is 4. The van der Waals surface area contributed by atoms with Gasteiger partial charge in [0.1, 0.15) is 5.69 Å². The lowest BCUT2D eigenvalue weighted by atomic mass is 9.99. The summed E-state index contributed by atoms with van der Waals surface area (Å²) in [5.74, 6) is 0.610. The Morgan fingerprint density at radius 2 is 2.30 bits per heavy atom. The van der Waals surface area contributed by atoms with Gasteiger partial charge in [0.15, 0.2) is 0 Å². The molecule has 2 atom stereocenters. The highest BCUT2D eigenvalue weighted by atomic mass is 16.1. The molecule has 20 heavy (non-hydrogen) atoms. The van der Waals surface area contributed by atoms with Gasteiger partial charge < -0.3 is 5.32 Å². The van der Waals surface area contributed by atoms with Crippen molar-refractivity contribution in [2.24, 2.45) is 5.92 Å². The first-order chi connectivity index (χ1) is 9.56. The topological polar surface area (TPSA) is 58.1 Å². The predicted molar refractivity (Wildman–Crippen MR) is 78.5 cm³/mol. The van der Waals surface area contributed by atoms with Crippen LogP contribution in [0.1, 0.15) is 42.9 Å². The van der Waals surface area contributed by atoms with E-state index in [-0.39, 0.29) is 5.91 Å². The smallest absolute Gasteiger partial charge is 0.271 e. The van der Waals surface area contributed by atoms with Crippen LogP contribution in [0.25, 0.3) is 0 Å². The van der Waals surface area contributed by atoms with Crippen molar-refractivity contribution in [3.05, 3.63) is 23.8 Å². The molecule has 0 radical (unpaired) electrons. The first kappa shape index (κ1) is 14.9. The Morgan fingerprint density at radius 3 is 2.95 bits per heavy atom. The van der Waals surface area contributed by atoms with Gasteiger partial charge in [0.25, 0.3) is 5.91 Å². The fraction of sp³-hybridized carbons (Fsp3) is 0.667. The van der Waals surface area contributed by atoms with E-state index in [4.69, 9.17) is 0 Å². The van der Waals surface area contributed by atoms with Crippen molar-refractivity contribution in [3.63, 3.8) is 0 Å². The van der Waals surface area contributed by atoms with Crippen LogP contribution in [-0.2, 0) is 0 Å². The van der Waals surface area contributed by atoms with E-state index in [1.165, 1.54) is 19.0 Å². The quantitative estimate of drug-likeness (QED) is 0.908. The lowest BCUT2D eigenvalue weighted by Gasteiger charge is -2.35. The molecule has 110 valence electrons. The molecule has 0 saturated carbocycles. The predicted octanol–water partition coefficient (Wildman–Crippen LogP) is 1.64. The number of piperidine rings is 1. The fourth-order valence-corrected chi connectivity index (χ4v) is 2.60. The van der Waals surface area contributed by atoms with Crippen molar-refractivity contribution in [1.82, 2.24) is 20.2 Å². The summed E-state index contributed by atoms with van der Waals surface area (Å²) in [6.07, 6.45) is 5.71. The molecule has 1 aliphatic rings. The zero-order valence-electron chi connectivity index (χ0n) is 12.6. The molecule has 1 fully saturated rings. The SMILES string of the molecule is Cc1cnc(C(=O)NCC(C)N2CCCC(C)C2)cn1. The largest absolute Gasteiger partial charge is 0.349 e. The molecule has 0 bridgehead atoms. The average molecular weight is 276 g/mol. The van der Waals surface area contributed by atoms with Crippen molar-refractivity contribution in [3.8, 4) is 0 Å². The maximum Gasteiger partial charge on any atom is 0.271 e. The number of hydrogen-bond acceptors (Lipinski definition) is 4. The third kappa shape index (κ3) is 4.00. The molecule has 1 amide bonds. The number of aromatic nitrogens is 2. The van der Waals surface area contributed by atoms with Gasteiger partial charge in [-0.25, -0.2) is 4.98 Å². The summed E-state index contributed by atoms with van der Waals surface area (Å²) < 4.78 is 0. The molecule has 0 spiro atoms. The molecular weight excluding hydrogens is 252 g/mol. The Balaban J connectivity index is 1.82. The minimum absolute atomic E-state index is 0.144. The summed E-state index contributed by atoms with van der Waals surface area (Å²) in [4.78, 5) is 22.6. The number of hydrogen-bond donors (Lipinski definition) is 1. The standard InChI is InChI=1S/C15H24N4O/c1-11-5-4-6-19(10-11)13(3)8-18-15(20)14-9-16-12(2)7-17-14/h7,9,11,13H,4-6,8,10H2,1-3H3,(H,18,20). The molecule has 5 heteroatoms. The third-order valence-corrected chi connectivity index (χ3v) is 3.88. The van der Waals surface area contributed by atoms with Crippen LogP contribution in [0.3, 0.4) is 0 Å². The molecule has 5 nitrogen and oxygen atoms in total. The molecule has 0 aliphatic carbocycles. The molecular formula is C15H24N4O. The maximum atomic E-state index is 12.0. The summed E-state index contributed by atoms with van der Waals surface area (Å²) in [6, 6.07) is 0.361. The van der Waals surface area contributed by atoms with Crippen LogP contribution in [0.4, 0.5) is 0 Å². The van der Waals surface area contributed by atoms with E-state index in [1.54, 1.807) is 6.20 Å². The molecule has 1 saturated heterocycles. The van der Waals surface area contributed by atoms with E-state index in [2.05, 4.69) is 34.0 Å². The Bertz CT molecular complexity index is 446.